The molecule has 266 valence electrons. The summed E-state index contributed by atoms with van der Waals surface area (Å²) in [6, 6.07) is 85.2. The predicted molar refractivity (Wildman–Crippen MR) is 245 cm³/mol. The molecule has 0 aliphatic carbocycles. The van der Waals surface area contributed by atoms with E-state index in [-0.39, 0.29) is 0 Å². The van der Waals surface area contributed by atoms with Crippen LogP contribution in [0.2, 0.25) is 0 Å². The first-order valence-corrected chi connectivity index (χ1v) is 23.2. The van der Waals surface area contributed by atoms with E-state index in [2.05, 4.69) is 241 Å². The summed E-state index contributed by atoms with van der Waals surface area (Å²) in [7, 11) is 0. The average Bonchev–Trinajstić information content (AvgIpc) is 3.30. The topological polar surface area (TPSA) is 0 Å². The first-order valence-electron chi connectivity index (χ1n) is 18.8. The fourth-order valence-electron chi connectivity index (χ4n) is 7.68. The third-order valence-corrected chi connectivity index (χ3v) is 20.9. The van der Waals surface area contributed by atoms with Crippen LogP contribution in [0.3, 0.4) is 0 Å². The molecule has 0 aliphatic rings. The van der Waals surface area contributed by atoms with Crippen molar-refractivity contribution in [3.8, 4) is 34.5 Å². The zero-order valence-electron chi connectivity index (χ0n) is 31.0. The number of rotatable bonds is 6. The monoisotopic (exact) mass is 750 g/mol. The molecule has 2 heteroatoms. The fraction of sp³-hybridized carbons (Fsp3) is 0. The molecule has 0 radical (unpaired) electrons. The van der Waals surface area contributed by atoms with Crippen LogP contribution < -0.4 is 31.8 Å². The third kappa shape index (κ3) is 6.16. The van der Waals surface area contributed by atoms with Crippen LogP contribution >= 0.6 is 13.2 Å². The van der Waals surface area contributed by atoms with Crippen molar-refractivity contribution in [2.45, 2.75) is 0 Å². The van der Waals surface area contributed by atoms with Gasteiger partial charge in [-0.15, -0.1) is 0 Å². The summed E-state index contributed by atoms with van der Waals surface area (Å²) in [5, 5.41) is 6.46. The Morgan fingerprint density at radius 2 is 0.375 bits per heavy atom. The molecular weight excluding hydrogens is 711 g/mol. The van der Waals surface area contributed by atoms with Gasteiger partial charge in [-0.05, 0) is 0 Å². The Balaban J connectivity index is 1.69. The molecule has 0 aromatic heterocycles. The van der Waals surface area contributed by atoms with Crippen LogP contribution in [0.4, 0.5) is 0 Å². The second kappa shape index (κ2) is 15.6. The molecule has 56 heavy (non-hydrogen) atoms. The summed E-state index contributed by atoms with van der Waals surface area (Å²) in [6.45, 7) is -8.25. The number of benzene rings is 8. The van der Waals surface area contributed by atoms with Crippen LogP contribution in [-0.2, 0) is 0 Å². The summed E-state index contributed by atoms with van der Waals surface area (Å²) >= 11 is 0. The molecule has 0 saturated carbocycles. The van der Waals surface area contributed by atoms with E-state index in [1.54, 1.807) is 0 Å². The molecule has 0 bridgehead atoms. The van der Waals surface area contributed by atoms with Crippen LogP contribution in [0.15, 0.2) is 243 Å². The van der Waals surface area contributed by atoms with Gasteiger partial charge in [0, 0.05) is 0 Å². The molecular formula is C54H40P2. The van der Waals surface area contributed by atoms with Gasteiger partial charge >= 0.3 is 333 Å². The predicted octanol–water partition coefficient (Wildman–Crippen LogP) is 9.98. The third-order valence-electron chi connectivity index (χ3n) is 10.5. The Bertz CT molecular complexity index is 2340. The molecule has 8 aromatic carbocycles. The SMILES string of the molecule is C(#CP(C#CP(C#Cc1ccccc1)(c1ccccc1)(c1ccccc1)c1ccccc1)(c1ccccc1)(c1ccccc1)c1ccccc1)c1ccccc1. The van der Waals surface area contributed by atoms with E-state index in [0.29, 0.717) is 0 Å². The summed E-state index contributed by atoms with van der Waals surface area (Å²) in [5.74, 6) is 7.46. The molecule has 0 nitrogen and oxygen atoms in total. The van der Waals surface area contributed by atoms with Gasteiger partial charge in [-0.25, -0.2) is 0 Å². The van der Waals surface area contributed by atoms with Gasteiger partial charge < -0.3 is 0 Å². The molecule has 0 atom stereocenters. The average molecular weight is 751 g/mol. The van der Waals surface area contributed by atoms with Gasteiger partial charge in [-0.3, -0.25) is 0 Å². The van der Waals surface area contributed by atoms with E-state index >= 15 is 0 Å². The molecule has 0 spiro atoms. The quantitative estimate of drug-likeness (QED) is 0.117. The molecule has 0 N–H and O–H groups in total. The van der Waals surface area contributed by atoms with Crippen LogP contribution in [-0.4, -0.2) is 0 Å². The zero-order chi connectivity index (χ0) is 38.0. The van der Waals surface area contributed by atoms with Gasteiger partial charge in [-0.2, -0.15) is 0 Å². The van der Waals surface area contributed by atoms with E-state index in [4.69, 9.17) is 0 Å². The second-order valence-electron chi connectivity index (χ2n) is 13.7. The van der Waals surface area contributed by atoms with Crippen LogP contribution in [0.5, 0.6) is 0 Å². The van der Waals surface area contributed by atoms with Crippen LogP contribution in [0, 0.1) is 34.5 Å². The van der Waals surface area contributed by atoms with E-state index < -0.39 is 13.2 Å². The van der Waals surface area contributed by atoms with Crippen molar-refractivity contribution in [3.05, 3.63) is 254 Å². The maximum absolute atomic E-state index is 4.34. The molecule has 0 fully saturated rings. The Hall–Kier alpha value is -6.70. The van der Waals surface area contributed by atoms with Crippen molar-refractivity contribution < 1.29 is 0 Å². The fourth-order valence-corrected chi connectivity index (χ4v) is 18.0. The molecule has 0 unspecified atom stereocenters. The van der Waals surface area contributed by atoms with Crippen molar-refractivity contribution in [2.75, 3.05) is 0 Å². The van der Waals surface area contributed by atoms with Gasteiger partial charge in [0.05, 0.1) is 0 Å². The second-order valence-corrected chi connectivity index (χ2v) is 22.1. The zero-order valence-corrected chi connectivity index (χ0v) is 32.8. The van der Waals surface area contributed by atoms with Crippen molar-refractivity contribution >= 4 is 45.0 Å². The van der Waals surface area contributed by atoms with Crippen molar-refractivity contribution in [1.82, 2.24) is 0 Å². The first-order chi connectivity index (χ1) is 27.7. The summed E-state index contributed by atoms with van der Waals surface area (Å²) in [4.78, 5) is 0. The van der Waals surface area contributed by atoms with Gasteiger partial charge in [0.2, 0.25) is 0 Å². The summed E-state index contributed by atoms with van der Waals surface area (Å²) < 4.78 is 0. The Morgan fingerprint density at radius 1 is 0.196 bits per heavy atom. The van der Waals surface area contributed by atoms with Crippen LogP contribution in [0.1, 0.15) is 11.1 Å². The summed E-state index contributed by atoms with van der Waals surface area (Å²) in [5.41, 5.74) is 18.8. The van der Waals surface area contributed by atoms with E-state index in [0.717, 1.165) is 43.0 Å². The van der Waals surface area contributed by atoms with Gasteiger partial charge in [0.1, 0.15) is 0 Å². The molecule has 0 heterocycles. The number of hydrogen-bond acceptors (Lipinski definition) is 0. The first kappa shape index (κ1) is 36.3. The normalized spacial score (nSPS) is 12.3. The maximum atomic E-state index is 4.34. The molecule has 8 aromatic rings. The Kier molecular flexibility index (Phi) is 10.1. The molecule has 0 aliphatic heterocycles. The van der Waals surface area contributed by atoms with E-state index in [1.807, 2.05) is 36.4 Å². The van der Waals surface area contributed by atoms with Crippen molar-refractivity contribution in [3.63, 3.8) is 0 Å². The van der Waals surface area contributed by atoms with Crippen LogP contribution in [0.25, 0.3) is 0 Å². The van der Waals surface area contributed by atoms with Gasteiger partial charge in [0.25, 0.3) is 0 Å². The molecule has 0 saturated heterocycles. The standard InChI is InChI=1S/C54H40P2/c1-9-25-47(26-10-1)41-43-55(49-29-13-3-14-30-49,50-31-15-4-16-32-50,51-33-17-5-18-34-51)45-46-56(52-35-19-6-20-36-52,53-37-21-7-22-38-53,54-39-23-8-24-40-54)44-42-48-27-11-2-12-28-48/h1-40H. The minimum absolute atomic E-state index is 0.932. The van der Waals surface area contributed by atoms with E-state index in [9.17, 15) is 0 Å². The van der Waals surface area contributed by atoms with E-state index in [1.165, 1.54) is 0 Å². The minimum atomic E-state index is -4.13. The Labute approximate surface area is 331 Å². The van der Waals surface area contributed by atoms with Gasteiger partial charge in [-0.1, -0.05) is 0 Å². The van der Waals surface area contributed by atoms with Crippen molar-refractivity contribution in [2.24, 2.45) is 0 Å². The molecule has 0 amide bonds. The Morgan fingerprint density at radius 3 is 0.571 bits per heavy atom. The number of hydrogen-bond donors (Lipinski definition) is 0. The van der Waals surface area contributed by atoms with Gasteiger partial charge in [0.15, 0.2) is 0 Å². The summed E-state index contributed by atoms with van der Waals surface area (Å²) in [6.07, 6.45) is 0. The molecule has 8 rings (SSSR count). The van der Waals surface area contributed by atoms with Crippen molar-refractivity contribution in [1.29, 1.82) is 0 Å².